The van der Waals surface area contributed by atoms with E-state index in [0.29, 0.717) is 28.7 Å². The number of hydrogen-bond donors (Lipinski definition) is 0. The van der Waals surface area contributed by atoms with E-state index in [4.69, 9.17) is 33.2 Å². The van der Waals surface area contributed by atoms with Crippen LogP contribution in [-0.2, 0) is 4.74 Å². The summed E-state index contributed by atoms with van der Waals surface area (Å²) in [6.07, 6.45) is -0.266. The molecule has 31 heavy (non-hydrogen) atoms. The van der Waals surface area contributed by atoms with Crippen molar-refractivity contribution in [2.24, 2.45) is 5.92 Å². The second-order valence-corrected chi connectivity index (χ2v) is 7.54. The number of ether oxygens (including phenoxy) is 7. The highest BCUT2D eigenvalue weighted by Gasteiger charge is 2.44. The molecule has 0 aliphatic carbocycles. The lowest BCUT2D eigenvalue weighted by Gasteiger charge is -2.24. The van der Waals surface area contributed by atoms with Crippen LogP contribution in [0.15, 0.2) is 24.3 Å². The van der Waals surface area contributed by atoms with E-state index in [1.165, 1.54) is 0 Å². The van der Waals surface area contributed by atoms with E-state index in [-0.39, 0.29) is 24.0 Å². The third-order valence-electron chi connectivity index (χ3n) is 6.05. The molecule has 4 atom stereocenters. The van der Waals surface area contributed by atoms with Crippen LogP contribution < -0.4 is 28.4 Å². The second-order valence-electron chi connectivity index (χ2n) is 7.54. The maximum atomic E-state index is 6.47. The molecule has 7 nitrogen and oxygen atoms in total. The minimum absolute atomic E-state index is 0.0650. The van der Waals surface area contributed by atoms with Gasteiger partial charge in [0.15, 0.2) is 23.0 Å². The topological polar surface area (TPSA) is 64.6 Å². The Labute approximate surface area is 184 Å². The highest BCUT2D eigenvalue weighted by molar-refractivity contribution is 5.54. The van der Waals surface area contributed by atoms with Gasteiger partial charge in [-0.1, -0.05) is 6.92 Å². The Morgan fingerprint density at radius 3 is 1.39 bits per heavy atom. The predicted octanol–water partition coefficient (Wildman–Crippen LogP) is 4.62. The van der Waals surface area contributed by atoms with Crippen LogP contribution in [0, 0.1) is 5.92 Å². The molecule has 0 radical (unpaired) electrons. The van der Waals surface area contributed by atoms with Gasteiger partial charge in [0.1, 0.15) is 11.5 Å². The van der Waals surface area contributed by atoms with Gasteiger partial charge in [0.2, 0.25) is 0 Å². The van der Waals surface area contributed by atoms with Crippen molar-refractivity contribution in [1.29, 1.82) is 0 Å². The minimum atomic E-state index is -0.201. The van der Waals surface area contributed by atoms with Crippen LogP contribution in [0.4, 0.5) is 0 Å². The summed E-state index contributed by atoms with van der Waals surface area (Å²) in [7, 11) is 9.76. The van der Waals surface area contributed by atoms with Gasteiger partial charge < -0.3 is 33.2 Å². The fourth-order valence-corrected chi connectivity index (χ4v) is 4.54. The Hall–Kier alpha value is -2.80. The molecule has 1 aliphatic rings. The van der Waals surface area contributed by atoms with Crippen molar-refractivity contribution in [3.05, 3.63) is 35.4 Å². The van der Waals surface area contributed by atoms with Crippen molar-refractivity contribution in [1.82, 2.24) is 0 Å². The molecule has 0 aromatic heterocycles. The molecule has 1 aliphatic heterocycles. The van der Waals surface area contributed by atoms with Gasteiger partial charge in [-0.3, -0.25) is 0 Å². The first-order valence-corrected chi connectivity index (χ1v) is 10.2. The molecule has 1 fully saturated rings. The molecule has 0 saturated carbocycles. The third kappa shape index (κ3) is 4.06. The van der Waals surface area contributed by atoms with E-state index < -0.39 is 0 Å². The normalized spacial score (nSPS) is 22.7. The lowest BCUT2D eigenvalue weighted by atomic mass is 9.81. The summed E-state index contributed by atoms with van der Waals surface area (Å²) < 4.78 is 39.7. The van der Waals surface area contributed by atoms with Crippen molar-refractivity contribution >= 4 is 0 Å². The van der Waals surface area contributed by atoms with E-state index in [2.05, 4.69) is 13.8 Å². The maximum Gasteiger partial charge on any atom is 0.164 e. The second kappa shape index (κ2) is 9.56. The Morgan fingerprint density at radius 2 is 0.935 bits per heavy atom. The van der Waals surface area contributed by atoms with Gasteiger partial charge >= 0.3 is 0 Å². The first-order valence-electron chi connectivity index (χ1n) is 10.2. The lowest BCUT2D eigenvalue weighted by molar-refractivity contribution is 0.0415. The van der Waals surface area contributed by atoms with E-state index in [9.17, 15) is 0 Å². The Kier molecular flexibility index (Phi) is 7.05. The molecule has 0 unspecified atom stereocenters. The van der Waals surface area contributed by atoms with E-state index in [0.717, 1.165) is 16.9 Å². The standard InChI is InChI=1S/C24H32O7/c1-13-23(15-9-19(27-5)21(29-7)11-17(15)25-3)14(2)31-24(13)16-10-20(28-6)22(30-8)12-18(16)26-4/h9-14,23-24H,1-8H3/t13-,14-,23-,24-/m0/s1. The average molecular weight is 433 g/mol. The Morgan fingerprint density at radius 1 is 0.548 bits per heavy atom. The Bertz CT molecular complexity index is 911. The average Bonchev–Trinajstić information content (AvgIpc) is 3.10. The van der Waals surface area contributed by atoms with Crippen molar-refractivity contribution in [3.8, 4) is 34.5 Å². The Balaban J connectivity index is 2.06. The van der Waals surface area contributed by atoms with Crippen LogP contribution in [-0.4, -0.2) is 48.8 Å². The summed E-state index contributed by atoms with van der Waals surface area (Å²) in [5.41, 5.74) is 1.93. The number of rotatable bonds is 8. The van der Waals surface area contributed by atoms with Crippen LogP contribution in [0.2, 0.25) is 0 Å². The van der Waals surface area contributed by atoms with E-state index in [1.54, 1.807) is 42.7 Å². The zero-order valence-corrected chi connectivity index (χ0v) is 19.5. The summed E-state index contributed by atoms with van der Waals surface area (Å²) in [5, 5.41) is 0. The molecule has 2 aromatic carbocycles. The minimum Gasteiger partial charge on any atom is -0.496 e. The van der Waals surface area contributed by atoms with Gasteiger partial charge in [0.05, 0.1) is 54.9 Å². The van der Waals surface area contributed by atoms with Gasteiger partial charge in [-0.25, -0.2) is 0 Å². The molecule has 0 spiro atoms. The van der Waals surface area contributed by atoms with Crippen LogP contribution >= 0.6 is 0 Å². The fourth-order valence-electron chi connectivity index (χ4n) is 4.54. The third-order valence-corrected chi connectivity index (χ3v) is 6.05. The summed E-state index contributed by atoms with van der Waals surface area (Å²) >= 11 is 0. The van der Waals surface area contributed by atoms with Crippen molar-refractivity contribution in [2.75, 3.05) is 42.7 Å². The van der Waals surface area contributed by atoms with Crippen LogP contribution in [0.5, 0.6) is 34.5 Å². The molecule has 1 saturated heterocycles. The van der Waals surface area contributed by atoms with Crippen molar-refractivity contribution < 1.29 is 33.2 Å². The van der Waals surface area contributed by atoms with Crippen LogP contribution in [0.25, 0.3) is 0 Å². The molecule has 7 heteroatoms. The molecule has 0 amide bonds. The molecular weight excluding hydrogens is 400 g/mol. The summed E-state index contributed by atoms with van der Waals surface area (Å²) in [4.78, 5) is 0. The molecule has 0 N–H and O–H groups in total. The monoisotopic (exact) mass is 432 g/mol. The van der Waals surface area contributed by atoms with Gasteiger partial charge in [-0.05, 0) is 25.0 Å². The van der Waals surface area contributed by atoms with E-state index in [1.807, 2.05) is 24.3 Å². The van der Waals surface area contributed by atoms with Gasteiger partial charge in [0.25, 0.3) is 0 Å². The largest absolute Gasteiger partial charge is 0.496 e. The molecule has 0 bridgehead atoms. The maximum absolute atomic E-state index is 6.47. The SMILES string of the molecule is COc1cc(OC)c([C@H]2[C@H](C)[C@@H](c3cc(OC)c(OC)cc3OC)O[C@H]2C)cc1OC. The van der Waals surface area contributed by atoms with Crippen molar-refractivity contribution in [3.63, 3.8) is 0 Å². The quantitative estimate of drug-likeness (QED) is 0.603. The summed E-state index contributed by atoms with van der Waals surface area (Å²) in [6.45, 7) is 4.25. The summed E-state index contributed by atoms with van der Waals surface area (Å²) in [5.74, 6) is 4.15. The van der Waals surface area contributed by atoms with Gasteiger partial charge in [-0.2, -0.15) is 0 Å². The molecule has 170 valence electrons. The number of methoxy groups -OCH3 is 6. The zero-order chi connectivity index (χ0) is 22.7. The molecule has 2 aromatic rings. The molecule has 3 rings (SSSR count). The first kappa shape index (κ1) is 22.9. The van der Waals surface area contributed by atoms with Crippen LogP contribution in [0.1, 0.15) is 37.0 Å². The number of benzene rings is 2. The summed E-state index contributed by atoms with van der Waals surface area (Å²) in [6, 6.07) is 7.60. The fraction of sp³-hybridized carbons (Fsp3) is 0.500. The smallest absolute Gasteiger partial charge is 0.164 e. The van der Waals surface area contributed by atoms with Gasteiger partial charge in [0, 0.05) is 29.2 Å². The lowest BCUT2D eigenvalue weighted by Crippen LogP contribution is -2.16. The van der Waals surface area contributed by atoms with Crippen molar-refractivity contribution in [2.45, 2.75) is 32.0 Å². The first-order chi connectivity index (χ1) is 14.9. The zero-order valence-electron chi connectivity index (χ0n) is 19.5. The predicted molar refractivity (Wildman–Crippen MR) is 117 cm³/mol. The van der Waals surface area contributed by atoms with Crippen LogP contribution in [0.3, 0.4) is 0 Å². The van der Waals surface area contributed by atoms with Gasteiger partial charge in [-0.15, -0.1) is 0 Å². The van der Waals surface area contributed by atoms with E-state index >= 15 is 0 Å². The highest BCUT2D eigenvalue weighted by Crippen LogP contribution is 2.53. The number of hydrogen-bond acceptors (Lipinski definition) is 7. The molecular formula is C24H32O7. The highest BCUT2D eigenvalue weighted by atomic mass is 16.5. The molecule has 1 heterocycles.